The molecule has 2 aromatic heterocycles. The summed E-state index contributed by atoms with van der Waals surface area (Å²) in [5.41, 5.74) is 3.16. The molecule has 0 saturated carbocycles. The van der Waals surface area contributed by atoms with Gasteiger partial charge in [0, 0.05) is 16.2 Å². The molecule has 0 saturated heterocycles. The zero-order chi connectivity index (χ0) is 17.2. The molecular weight excluding hydrogens is 321 g/mol. The number of rotatable bonds is 3. The van der Waals surface area contributed by atoms with Crippen LogP contribution in [0.3, 0.4) is 0 Å². The lowest BCUT2D eigenvalue weighted by Gasteiger charge is -2.05. The third kappa shape index (κ3) is 3.10. The normalized spacial score (nSPS) is 10.8. The Hall–Kier alpha value is -3.54. The number of anilines is 1. The maximum Gasteiger partial charge on any atom is 0.368 e. The van der Waals surface area contributed by atoms with Gasteiger partial charge in [-0.15, -0.1) is 0 Å². The Bertz CT molecular complexity index is 1010. The van der Waals surface area contributed by atoms with Crippen LogP contribution < -0.4 is 10.3 Å². The minimum Gasteiger partial charge on any atom is -0.411 e. The van der Waals surface area contributed by atoms with Gasteiger partial charge in [0.25, 0.3) is 5.91 Å². The summed E-state index contributed by atoms with van der Waals surface area (Å²) in [4.78, 5) is 19.5. The molecule has 0 fully saturated rings. The molecule has 0 spiro atoms. The molecule has 0 unspecified atom stereocenters. The fourth-order valence-corrected chi connectivity index (χ4v) is 2.44. The Morgan fingerprint density at radius 1 is 1.04 bits per heavy atom. The monoisotopic (exact) mass is 334 g/mol. The molecule has 0 radical (unpaired) electrons. The van der Waals surface area contributed by atoms with Crippen molar-refractivity contribution in [1.82, 2.24) is 4.98 Å². The fourth-order valence-electron chi connectivity index (χ4n) is 2.44. The highest BCUT2D eigenvalue weighted by Gasteiger charge is 2.16. The van der Waals surface area contributed by atoms with Crippen LogP contribution in [0.1, 0.15) is 10.4 Å². The van der Waals surface area contributed by atoms with E-state index in [1.807, 2.05) is 24.3 Å². The molecule has 0 aliphatic rings. The van der Waals surface area contributed by atoms with Gasteiger partial charge in [-0.2, -0.15) is 0 Å². The fraction of sp³-hybridized carbons (Fsp3) is 0. The van der Waals surface area contributed by atoms with E-state index in [0.717, 1.165) is 5.56 Å². The van der Waals surface area contributed by atoms with Gasteiger partial charge in [0.05, 0.1) is 11.8 Å². The number of H-pyrrole nitrogens is 1. The maximum absolute atomic E-state index is 12.9. The number of hydrogen-bond donors (Lipinski definition) is 1. The van der Waals surface area contributed by atoms with Gasteiger partial charge in [0.15, 0.2) is 0 Å². The predicted octanol–water partition coefficient (Wildman–Crippen LogP) is 3.70. The summed E-state index contributed by atoms with van der Waals surface area (Å²) >= 11 is 0. The molecule has 0 atom stereocenters. The first-order valence-corrected chi connectivity index (χ1v) is 7.64. The van der Waals surface area contributed by atoms with Gasteiger partial charge in [0.1, 0.15) is 5.82 Å². The minimum absolute atomic E-state index is 0.302. The Kier molecular flexibility index (Phi) is 3.70. The van der Waals surface area contributed by atoms with Gasteiger partial charge >= 0.3 is 11.5 Å². The van der Waals surface area contributed by atoms with Crippen molar-refractivity contribution in [2.45, 2.75) is 0 Å². The molecule has 4 aromatic rings. The molecular formula is C19H13FN3O2+. The standard InChI is InChI=1S/C19H12FN3O2/c20-14-7-3-12(4-8-14)18(24)22-15-9-5-13(6-10-15)19-23-17-16(25-19)2-1-11-21-17/h1-11H,(H,22,24)/p+1. The Balaban J connectivity index is 1.53. The zero-order valence-corrected chi connectivity index (χ0v) is 13.0. The number of oxazole rings is 1. The summed E-state index contributed by atoms with van der Waals surface area (Å²) in [6.07, 6.45) is 1.78. The van der Waals surface area contributed by atoms with Gasteiger partial charge in [-0.1, -0.05) is 0 Å². The molecule has 2 N–H and O–H groups in total. The quantitative estimate of drug-likeness (QED) is 0.621. The second-order valence-corrected chi connectivity index (χ2v) is 5.44. The van der Waals surface area contributed by atoms with E-state index in [4.69, 9.17) is 4.42 Å². The lowest BCUT2D eigenvalue weighted by molar-refractivity contribution is -0.347. The molecule has 122 valence electrons. The van der Waals surface area contributed by atoms with Crippen molar-refractivity contribution in [2.24, 2.45) is 0 Å². The summed E-state index contributed by atoms with van der Waals surface area (Å²) in [7, 11) is 0. The lowest BCUT2D eigenvalue weighted by atomic mass is 10.2. The molecule has 25 heavy (non-hydrogen) atoms. The number of nitrogens with zero attached hydrogens (tertiary/aromatic N) is 1. The van der Waals surface area contributed by atoms with E-state index in [2.05, 4.69) is 15.3 Å². The largest absolute Gasteiger partial charge is 0.411 e. The van der Waals surface area contributed by atoms with E-state index >= 15 is 0 Å². The number of pyridine rings is 1. The molecule has 6 heteroatoms. The van der Waals surface area contributed by atoms with Crippen molar-refractivity contribution in [3.8, 4) is 11.5 Å². The third-order valence-corrected chi connectivity index (χ3v) is 3.71. The van der Waals surface area contributed by atoms with Gasteiger partial charge in [0.2, 0.25) is 5.58 Å². The number of nitrogens with one attached hydrogen (secondary N) is 2. The first-order valence-electron chi connectivity index (χ1n) is 7.64. The van der Waals surface area contributed by atoms with E-state index in [1.165, 1.54) is 24.3 Å². The van der Waals surface area contributed by atoms with Gasteiger partial charge in [-0.3, -0.25) is 4.79 Å². The van der Waals surface area contributed by atoms with Gasteiger partial charge in [-0.05, 0) is 60.7 Å². The summed E-state index contributed by atoms with van der Waals surface area (Å²) < 4.78 is 18.6. The molecule has 0 bridgehead atoms. The number of hydrogen-bond acceptors (Lipinski definition) is 3. The molecule has 1 amide bonds. The Morgan fingerprint density at radius 2 is 1.80 bits per heavy atom. The van der Waals surface area contributed by atoms with Gasteiger partial charge < -0.3 is 9.73 Å². The smallest absolute Gasteiger partial charge is 0.368 e. The molecule has 2 aromatic carbocycles. The number of amides is 1. The summed E-state index contributed by atoms with van der Waals surface area (Å²) in [5, 5.41) is 2.76. The van der Waals surface area contributed by atoms with E-state index < -0.39 is 0 Å². The Morgan fingerprint density at radius 3 is 2.52 bits per heavy atom. The SMILES string of the molecule is O=C(Nc1ccc(-c2nc3[nH+]cccc3o2)cc1)c1ccc(F)cc1. The predicted molar refractivity (Wildman–Crippen MR) is 90.4 cm³/mol. The van der Waals surface area contributed by atoms with Crippen LogP contribution in [0.25, 0.3) is 22.7 Å². The number of carbonyl (C=O) groups excluding carboxylic acids is 1. The average molecular weight is 334 g/mol. The third-order valence-electron chi connectivity index (χ3n) is 3.71. The first kappa shape index (κ1) is 15.0. The van der Waals surface area contributed by atoms with Crippen molar-refractivity contribution in [1.29, 1.82) is 0 Å². The van der Waals surface area contributed by atoms with Crippen LogP contribution in [0.5, 0.6) is 0 Å². The number of aromatic nitrogens is 2. The first-order chi connectivity index (χ1) is 12.2. The van der Waals surface area contributed by atoms with Gasteiger partial charge in [-0.25, -0.2) is 9.37 Å². The maximum atomic E-state index is 12.9. The van der Waals surface area contributed by atoms with Crippen molar-refractivity contribution in [2.75, 3.05) is 5.32 Å². The van der Waals surface area contributed by atoms with E-state index in [1.54, 1.807) is 18.3 Å². The highest BCUT2D eigenvalue weighted by atomic mass is 19.1. The van der Waals surface area contributed by atoms with Crippen LogP contribution in [0, 0.1) is 5.82 Å². The number of aromatic amines is 1. The summed E-state index contributed by atoms with van der Waals surface area (Å²) in [5.74, 6) is -0.186. The Labute approximate surface area is 142 Å². The molecule has 4 rings (SSSR count). The zero-order valence-electron chi connectivity index (χ0n) is 13.0. The van der Waals surface area contributed by atoms with Crippen LogP contribution >= 0.6 is 0 Å². The molecule has 0 aliphatic heterocycles. The summed E-state index contributed by atoms with van der Waals surface area (Å²) in [6.45, 7) is 0. The van der Waals surface area contributed by atoms with Crippen LogP contribution in [0.4, 0.5) is 10.1 Å². The van der Waals surface area contributed by atoms with E-state index in [9.17, 15) is 9.18 Å². The van der Waals surface area contributed by atoms with Crippen molar-refractivity contribution in [3.63, 3.8) is 0 Å². The van der Waals surface area contributed by atoms with E-state index in [-0.39, 0.29) is 11.7 Å². The number of halogens is 1. The van der Waals surface area contributed by atoms with Crippen molar-refractivity contribution < 1.29 is 18.6 Å². The summed E-state index contributed by atoms with van der Waals surface area (Å²) in [6, 6.07) is 16.2. The van der Waals surface area contributed by atoms with Crippen LogP contribution in [-0.2, 0) is 0 Å². The molecule has 2 heterocycles. The average Bonchev–Trinajstić information content (AvgIpc) is 3.07. The number of fused-ring (bicyclic) bond motifs is 1. The topological polar surface area (TPSA) is 69.3 Å². The van der Waals surface area contributed by atoms with E-state index in [0.29, 0.717) is 28.4 Å². The molecule has 0 aliphatic carbocycles. The number of benzene rings is 2. The highest BCUT2D eigenvalue weighted by molar-refractivity contribution is 6.04. The van der Waals surface area contributed by atoms with Crippen molar-refractivity contribution in [3.05, 3.63) is 78.2 Å². The highest BCUT2D eigenvalue weighted by Crippen LogP contribution is 2.23. The molecule has 5 nitrogen and oxygen atoms in total. The lowest BCUT2D eigenvalue weighted by Crippen LogP contribution is -2.11. The van der Waals surface area contributed by atoms with Crippen molar-refractivity contribution >= 4 is 22.8 Å². The second-order valence-electron chi connectivity index (χ2n) is 5.44. The van der Waals surface area contributed by atoms with Crippen LogP contribution in [-0.4, -0.2) is 10.9 Å². The van der Waals surface area contributed by atoms with Crippen LogP contribution in [0.2, 0.25) is 0 Å². The van der Waals surface area contributed by atoms with Crippen LogP contribution in [0.15, 0.2) is 71.3 Å². The number of carbonyl (C=O) groups is 1. The second kappa shape index (κ2) is 6.16. The minimum atomic E-state index is -0.378.